The quantitative estimate of drug-likeness (QED) is 0.247. The van der Waals surface area contributed by atoms with Gasteiger partial charge in [-0.1, -0.05) is 13.8 Å². The van der Waals surface area contributed by atoms with Crippen molar-refractivity contribution in [3.63, 3.8) is 0 Å². The highest BCUT2D eigenvalue weighted by Gasteiger charge is 2.18. The largest absolute Gasteiger partial charge is 0.511 e. The number of carboxylic acid groups (broad SMARTS) is 1. The minimum Gasteiger partial charge on any atom is -0.504 e. The van der Waals surface area contributed by atoms with Crippen LogP contribution in [0.3, 0.4) is 0 Å². The van der Waals surface area contributed by atoms with Gasteiger partial charge >= 0.3 is 6.16 Å². The Morgan fingerprint density at radius 1 is 1.29 bits per heavy atom. The lowest BCUT2D eigenvalue weighted by Crippen LogP contribution is -2.30. The topological polar surface area (TPSA) is 133 Å². The minimum absolute atomic E-state index is 0.0214. The van der Waals surface area contributed by atoms with Crippen LogP contribution in [-0.4, -0.2) is 40.2 Å². The number of benzene rings is 1. The number of phenols is 2. The highest BCUT2D eigenvalue weighted by molar-refractivity contribution is 5.95. The third kappa shape index (κ3) is 5.79. The number of phenolic OH excluding ortho intramolecular Hbond substituents is 2. The molecule has 1 rings (SSSR count). The Bertz CT molecular complexity index is 613. The molecule has 4 N–H and O–H groups in total. The number of ether oxygens (including phenoxy) is 1. The van der Waals surface area contributed by atoms with Crippen molar-refractivity contribution in [2.45, 2.75) is 26.7 Å². The average Bonchev–Trinajstić information content (AvgIpc) is 2.48. The van der Waals surface area contributed by atoms with Gasteiger partial charge in [0.15, 0.2) is 11.5 Å². The van der Waals surface area contributed by atoms with Gasteiger partial charge in [-0.25, -0.2) is 4.79 Å². The van der Waals surface area contributed by atoms with Gasteiger partial charge in [0.05, 0.1) is 0 Å². The van der Waals surface area contributed by atoms with E-state index in [4.69, 9.17) is 5.11 Å². The first-order chi connectivity index (χ1) is 11.2. The summed E-state index contributed by atoms with van der Waals surface area (Å²) in [4.78, 5) is 33.4. The second-order valence-corrected chi connectivity index (χ2v) is 5.82. The SMILES string of the molecule is CC(C)C[C@@H](CC=O)CNC(=O)c1cc(O)c(O)c(OC(=O)O)c1. The lowest BCUT2D eigenvalue weighted by molar-refractivity contribution is -0.108. The molecule has 0 spiro atoms. The molecule has 0 radical (unpaired) electrons. The predicted octanol–water partition coefficient (Wildman–Crippen LogP) is 2.14. The van der Waals surface area contributed by atoms with Crippen LogP contribution in [0.5, 0.6) is 17.2 Å². The fourth-order valence-corrected chi connectivity index (χ4v) is 2.30. The number of rotatable bonds is 8. The molecule has 1 atom stereocenters. The van der Waals surface area contributed by atoms with Gasteiger partial charge in [0.1, 0.15) is 6.29 Å². The molecule has 1 aromatic rings. The summed E-state index contributed by atoms with van der Waals surface area (Å²) >= 11 is 0. The highest BCUT2D eigenvalue weighted by Crippen LogP contribution is 2.36. The van der Waals surface area contributed by atoms with Crippen molar-refractivity contribution in [3.05, 3.63) is 17.7 Å². The summed E-state index contributed by atoms with van der Waals surface area (Å²) in [5.74, 6) is -2.23. The van der Waals surface area contributed by atoms with Gasteiger partial charge in [-0.05, 0) is 30.4 Å². The molecule has 0 heterocycles. The molecule has 132 valence electrons. The molecule has 1 amide bonds. The smallest absolute Gasteiger partial charge is 0.504 e. The molecule has 0 aliphatic heterocycles. The second kappa shape index (κ2) is 8.76. The zero-order valence-electron chi connectivity index (χ0n) is 13.5. The van der Waals surface area contributed by atoms with Crippen LogP contribution in [0, 0.1) is 11.8 Å². The predicted molar refractivity (Wildman–Crippen MR) is 84.4 cm³/mol. The van der Waals surface area contributed by atoms with Gasteiger partial charge in [-0.2, -0.15) is 0 Å². The summed E-state index contributed by atoms with van der Waals surface area (Å²) in [6, 6.07) is 2.01. The average molecular weight is 339 g/mol. The molecule has 0 saturated carbocycles. The fraction of sp³-hybridized carbons (Fsp3) is 0.438. The molecule has 8 nitrogen and oxygen atoms in total. The number of hydrogen-bond acceptors (Lipinski definition) is 6. The molecule has 0 fully saturated rings. The van der Waals surface area contributed by atoms with Crippen LogP contribution in [0.25, 0.3) is 0 Å². The van der Waals surface area contributed by atoms with Crippen molar-refractivity contribution in [1.82, 2.24) is 5.32 Å². The molecule has 24 heavy (non-hydrogen) atoms. The maximum absolute atomic E-state index is 12.1. The first kappa shape index (κ1) is 19.3. The molecule has 0 unspecified atom stereocenters. The number of carbonyl (C=O) groups is 3. The van der Waals surface area contributed by atoms with E-state index in [-0.39, 0.29) is 18.0 Å². The second-order valence-electron chi connectivity index (χ2n) is 5.82. The van der Waals surface area contributed by atoms with Crippen molar-refractivity contribution in [2.24, 2.45) is 11.8 Å². The van der Waals surface area contributed by atoms with Crippen molar-refractivity contribution >= 4 is 18.3 Å². The van der Waals surface area contributed by atoms with E-state index >= 15 is 0 Å². The third-order valence-corrected chi connectivity index (χ3v) is 3.30. The van der Waals surface area contributed by atoms with E-state index in [1.165, 1.54) is 0 Å². The van der Waals surface area contributed by atoms with Crippen LogP contribution in [-0.2, 0) is 4.79 Å². The number of nitrogens with one attached hydrogen (secondary N) is 1. The Labute approximate surface area is 139 Å². The van der Waals surface area contributed by atoms with E-state index in [1.54, 1.807) is 0 Å². The van der Waals surface area contributed by atoms with Crippen LogP contribution in [0.15, 0.2) is 12.1 Å². The molecular formula is C16H21NO7. The molecule has 8 heteroatoms. The molecule has 0 bridgehead atoms. The van der Waals surface area contributed by atoms with E-state index in [0.717, 1.165) is 24.8 Å². The van der Waals surface area contributed by atoms with Crippen molar-refractivity contribution < 1.29 is 34.4 Å². The molecule has 0 aromatic heterocycles. The van der Waals surface area contributed by atoms with E-state index in [2.05, 4.69) is 10.1 Å². The van der Waals surface area contributed by atoms with Gasteiger partial charge in [0.2, 0.25) is 5.75 Å². The molecule has 0 saturated heterocycles. The van der Waals surface area contributed by atoms with Gasteiger partial charge in [0, 0.05) is 18.5 Å². The summed E-state index contributed by atoms with van der Waals surface area (Å²) in [5, 5.41) is 30.3. The third-order valence-electron chi connectivity index (χ3n) is 3.30. The van der Waals surface area contributed by atoms with Crippen LogP contribution in [0.4, 0.5) is 4.79 Å². The maximum Gasteiger partial charge on any atom is 0.511 e. The highest BCUT2D eigenvalue weighted by atomic mass is 16.7. The Balaban J connectivity index is 2.85. The lowest BCUT2D eigenvalue weighted by atomic mass is 9.94. The van der Waals surface area contributed by atoms with Crippen LogP contribution >= 0.6 is 0 Å². The summed E-state index contributed by atoms with van der Waals surface area (Å²) in [5.41, 5.74) is -0.0732. The molecule has 0 aliphatic carbocycles. The van der Waals surface area contributed by atoms with Crippen molar-refractivity contribution in [2.75, 3.05) is 6.54 Å². The van der Waals surface area contributed by atoms with E-state index < -0.39 is 29.3 Å². The van der Waals surface area contributed by atoms with Crippen molar-refractivity contribution in [1.29, 1.82) is 0 Å². The summed E-state index contributed by atoms with van der Waals surface area (Å²) in [6.07, 6.45) is 0.176. The Hall–Kier alpha value is -2.77. The zero-order valence-corrected chi connectivity index (χ0v) is 13.5. The van der Waals surface area contributed by atoms with E-state index in [1.807, 2.05) is 13.8 Å². The Morgan fingerprint density at radius 2 is 1.96 bits per heavy atom. The monoisotopic (exact) mass is 339 g/mol. The van der Waals surface area contributed by atoms with Gasteiger partial charge in [-0.15, -0.1) is 0 Å². The first-order valence-corrected chi connectivity index (χ1v) is 7.43. The number of amides is 1. The van der Waals surface area contributed by atoms with Crippen LogP contribution in [0.2, 0.25) is 0 Å². The van der Waals surface area contributed by atoms with Gasteiger partial charge < -0.3 is 30.2 Å². The maximum atomic E-state index is 12.1. The Kier molecular flexibility index (Phi) is 7.03. The van der Waals surface area contributed by atoms with Gasteiger partial charge in [-0.3, -0.25) is 4.79 Å². The summed E-state index contributed by atoms with van der Waals surface area (Å²) < 4.78 is 4.31. The standard InChI is InChI=1S/C16H21NO7/c1-9(2)5-10(3-4-18)8-17-15(21)11-6-12(19)14(20)13(7-11)24-16(22)23/h4,6-7,9-10,19-20H,3,5,8H2,1-2H3,(H,17,21)(H,22,23)/t10-/m1/s1. The zero-order chi connectivity index (χ0) is 18.3. The summed E-state index contributed by atoms with van der Waals surface area (Å²) in [6.45, 7) is 4.27. The first-order valence-electron chi connectivity index (χ1n) is 7.43. The van der Waals surface area contributed by atoms with Gasteiger partial charge in [0.25, 0.3) is 5.91 Å². The summed E-state index contributed by atoms with van der Waals surface area (Å²) in [7, 11) is 0. The van der Waals surface area contributed by atoms with Crippen LogP contribution < -0.4 is 10.1 Å². The number of aromatic hydroxyl groups is 2. The number of aldehydes is 1. The number of carbonyl (C=O) groups excluding carboxylic acids is 2. The fourth-order valence-electron chi connectivity index (χ4n) is 2.30. The van der Waals surface area contributed by atoms with Crippen molar-refractivity contribution in [3.8, 4) is 17.2 Å². The lowest BCUT2D eigenvalue weighted by Gasteiger charge is -2.17. The normalized spacial score (nSPS) is 11.8. The number of hydrogen-bond donors (Lipinski definition) is 4. The molecule has 1 aromatic carbocycles. The van der Waals surface area contributed by atoms with Crippen LogP contribution in [0.1, 0.15) is 37.0 Å². The Morgan fingerprint density at radius 3 is 2.50 bits per heavy atom. The van der Waals surface area contributed by atoms with E-state index in [9.17, 15) is 24.6 Å². The molecular weight excluding hydrogens is 318 g/mol. The molecule has 0 aliphatic rings. The minimum atomic E-state index is -1.69. The van der Waals surface area contributed by atoms with E-state index in [0.29, 0.717) is 12.3 Å².